The number of nitrogen functional groups attached to an aromatic ring is 1. The molecule has 0 aromatic carbocycles. The lowest BCUT2D eigenvalue weighted by Gasteiger charge is -2.33. The van der Waals surface area contributed by atoms with E-state index in [2.05, 4.69) is 19.9 Å². The van der Waals surface area contributed by atoms with Crippen LogP contribution in [0.2, 0.25) is 5.02 Å². The molecule has 0 bridgehead atoms. The summed E-state index contributed by atoms with van der Waals surface area (Å²) in [5, 5.41) is 0.550. The minimum absolute atomic E-state index is 0.134. The molecule has 1 aliphatic rings. The van der Waals surface area contributed by atoms with Crippen LogP contribution < -0.4 is 16.4 Å². The van der Waals surface area contributed by atoms with E-state index in [4.69, 9.17) is 23.1 Å². The normalized spacial score (nSPS) is 16.4. The molecule has 0 amide bonds. The van der Waals surface area contributed by atoms with Gasteiger partial charge in [0.1, 0.15) is 5.69 Å². The zero-order chi connectivity index (χ0) is 22.0. The molecule has 3 aromatic heterocycles. The van der Waals surface area contributed by atoms with Gasteiger partial charge in [0.25, 0.3) is 0 Å². The van der Waals surface area contributed by atoms with Gasteiger partial charge in [0.2, 0.25) is 0 Å². The summed E-state index contributed by atoms with van der Waals surface area (Å²) in [5.74, 6) is -0.165. The third kappa shape index (κ3) is 4.68. The molecule has 4 heterocycles. The number of ketones is 1. The lowest BCUT2D eigenvalue weighted by Crippen LogP contribution is -2.43. The van der Waals surface area contributed by atoms with Crippen molar-refractivity contribution in [3.63, 3.8) is 0 Å². The molecule has 1 fully saturated rings. The van der Waals surface area contributed by atoms with Crippen molar-refractivity contribution in [2.45, 2.75) is 32.2 Å². The average molecular weight is 437 g/mol. The number of nitrogens with two attached hydrogens (primary N) is 2. The second kappa shape index (κ2) is 8.99. The fourth-order valence-corrected chi connectivity index (χ4v) is 4.20. The van der Waals surface area contributed by atoms with E-state index in [0.29, 0.717) is 22.1 Å². The first-order chi connectivity index (χ1) is 14.9. The number of nitrogens with zero attached hydrogens (tertiary/aromatic N) is 4. The molecule has 8 heteroatoms. The Bertz CT molecular complexity index is 1120. The monoisotopic (exact) mass is 436 g/mol. The van der Waals surface area contributed by atoms with Crippen molar-refractivity contribution in [1.29, 1.82) is 0 Å². The highest BCUT2D eigenvalue weighted by molar-refractivity contribution is 6.30. The molecular weight excluding hydrogens is 412 g/mol. The summed E-state index contributed by atoms with van der Waals surface area (Å²) in [4.78, 5) is 28.6. The zero-order valence-corrected chi connectivity index (χ0v) is 18.1. The van der Waals surface area contributed by atoms with E-state index < -0.39 is 0 Å². The molecule has 31 heavy (non-hydrogen) atoms. The van der Waals surface area contributed by atoms with Crippen LogP contribution in [0, 0.1) is 6.92 Å². The molecule has 0 radical (unpaired) electrons. The summed E-state index contributed by atoms with van der Waals surface area (Å²) in [6.45, 7) is 3.58. The number of carbonyl (C=O) groups is 1. The summed E-state index contributed by atoms with van der Waals surface area (Å²) in [6, 6.07) is 7.34. The molecule has 7 nitrogen and oxygen atoms in total. The Morgan fingerprint density at radius 2 is 2.13 bits per heavy atom. The topological polar surface area (TPSA) is 111 Å². The summed E-state index contributed by atoms with van der Waals surface area (Å²) in [7, 11) is 0. The Balaban J connectivity index is 1.63. The molecule has 0 spiro atoms. The maximum atomic E-state index is 13.2. The minimum Gasteiger partial charge on any atom is -0.397 e. The number of carbonyl (C=O) groups excluding carboxylic acids is 1. The molecule has 160 valence electrons. The largest absolute Gasteiger partial charge is 0.397 e. The van der Waals surface area contributed by atoms with E-state index in [0.717, 1.165) is 42.7 Å². The van der Waals surface area contributed by atoms with Gasteiger partial charge in [-0.1, -0.05) is 11.6 Å². The maximum absolute atomic E-state index is 13.2. The number of halogens is 1. The highest BCUT2D eigenvalue weighted by Gasteiger charge is 2.22. The molecule has 0 unspecified atom stereocenters. The van der Waals surface area contributed by atoms with Crippen molar-refractivity contribution in [3.8, 4) is 11.4 Å². The van der Waals surface area contributed by atoms with Gasteiger partial charge in [-0.15, -0.1) is 0 Å². The number of hydrogen-bond donors (Lipinski definition) is 2. The molecule has 4 rings (SSSR count). The van der Waals surface area contributed by atoms with E-state index in [1.54, 1.807) is 30.7 Å². The Kier molecular flexibility index (Phi) is 6.15. The number of aromatic nitrogens is 3. The van der Waals surface area contributed by atoms with Crippen LogP contribution in [0.3, 0.4) is 0 Å². The first-order valence-electron chi connectivity index (χ1n) is 10.3. The van der Waals surface area contributed by atoms with E-state index in [1.165, 1.54) is 0 Å². The van der Waals surface area contributed by atoms with Gasteiger partial charge in [0, 0.05) is 55.4 Å². The Labute approximate surface area is 186 Å². The van der Waals surface area contributed by atoms with Gasteiger partial charge in [0.05, 0.1) is 22.1 Å². The predicted molar refractivity (Wildman–Crippen MR) is 123 cm³/mol. The first-order valence-corrected chi connectivity index (χ1v) is 10.7. The van der Waals surface area contributed by atoms with E-state index in [1.807, 2.05) is 19.1 Å². The van der Waals surface area contributed by atoms with Gasteiger partial charge in [0.15, 0.2) is 5.78 Å². The number of hydrogen-bond acceptors (Lipinski definition) is 7. The van der Waals surface area contributed by atoms with Crippen LogP contribution in [-0.4, -0.2) is 39.9 Å². The molecule has 3 aromatic rings. The van der Waals surface area contributed by atoms with E-state index in [9.17, 15) is 4.79 Å². The lowest BCUT2D eigenvalue weighted by molar-refractivity contribution is 0.0989. The second-order valence-corrected chi connectivity index (χ2v) is 8.34. The highest BCUT2D eigenvalue weighted by Crippen LogP contribution is 2.27. The number of piperidine rings is 1. The van der Waals surface area contributed by atoms with Gasteiger partial charge in [-0.25, -0.2) is 4.98 Å². The van der Waals surface area contributed by atoms with Gasteiger partial charge < -0.3 is 16.4 Å². The zero-order valence-electron chi connectivity index (χ0n) is 17.4. The lowest BCUT2D eigenvalue weighted by atomic mass is 10.0. The standard InChI is InChI=1S/C23H25ClN6O/c1-14-9-16(24)12-28-22(14)19-5-4-18(26)23(29-19)21(31)10-15-11-27-7-6-20(15)30-8-2-3-17(25)13-30/h4-7,9,11-12,17H,2-3,8,10,13,25-26H2,1H3/t17-/m0/s1. The van der Waals surface area contributed by atoms with Crippen LogP contribution >= 0.6 is 11.6 Å². The maximum Gasteiger partial charge on any atom is 0.187 e. The second-order valence-electron chi connectivity index (χ2n) is 7.91. The van der Waals surface area contributed by atoms with Crippen LogP contribution in [0.5, 0.6) is 0 Å². The van der Waals surface area contributed by atoms with Gasteiger partial charge >= 0.3 is 0 Å². The van der Waals surface area contributed by atoms with Crippen molar-refractivity contribution in [3.05, 3.63) is 64.7 Å². The number of rotatable bonds is 5. The molecular formula is C23H25ClN6O. The fourth-order valence-electron chi connectivity index (χ4n) is 3.98. The van der Waals surface area contributed by atoms with Crippen LogP contribution in [-0.2, 0) is 6.42 Å². The molecule has 1 aliphatic heterocycles. The third-order valence-electron chi connectivity index (χ3n) is 5.51. The van der Waals surface area contributed by atoms with Crippen LogP contribution in [0.25, 0.3) is 11.4 Å². The molecule has 0 saturated carbocycles. The van der Waals surface area contributed by atoms with Crippen molar-refractivity contribution in [2.75, 3.05) is 23.7 Å². The quantitative estimate of drug-likeness (QED) is 0.589. The van der Waals surface area contributed by atoms with Gasteiger partial charge in [-0.3, -0.25) is 14.8 Å². The van der Waals surface area contributed by atoms with E-state index in [-0.39, 0.29) is 23.9 Å². The van der Waals surface area contributed by atoms with Crippen LogP contribution in [0.4, 0.5) is 11.4 Å². The van der Waals surface area contributed by atoms with Gasteiger partial charge in [-0.2, -0.15) is 0 Å². The minimum atomic E-state index is -0.165. The highest BCUT2D eigenvalue weighted by atomic mass is 35.5. The summed E-state index contributed by atoms with van der Waals surface area (Å²) >= 11 is 6.01. The number of anilines is 2. The Morgan fingerprint density at radius 1 is 1.29 bits per heavy atom. The number of pyridine rings is 3. The van der Waals surface area contributed by atoms with Crippen LogP contribution in [0.1, 0.15) is 34.5 Å². The van der Waals surface area contributed by atoms with Gasteiger partial charge in [-0.05, 0) is 49.6 Å². The fraction of sp³-hybridized carbons (Fsp3) is 0.304. The van der Waals surface area contributed by atoms with Crippen molar-refractivity contribution < 1.29 is 4.79 Å². The van der Waals surface area contributed by atoms with Crippen molar-refractivity contribution in [1.82, 2.24) is 15.0 Å². The predicted octanol–water partition coefficient (Wildman–Crippen LogP) is 3.44. The average Bonchev–Trinajstić information content (AvgIpc) is 2.75. The first kappa shape index (κ1) is 21.2. The Morgan fingerprint density at radius 3 is 2.90 bits per heavy atom. The number of Topliss-reactive ketones (excluding diaryl/α,β-unsaturated/α-hetero) is 1. The molecule has 0 aliphatic carbocycles. The third-order valence-corrected chi connectivity index (χ3v) is 5.71. The summed E-state index contributed by atoms with van der Waals surface area (Å²) in [6.07, 6.45) is 7.24. The van der Waals surface area contributed by atoms with Crippen molar-refractivity contribution >= 4 is 28.8 Å². The summed E-state index contributed by atoms with van der Waals surface area (Å²) in [5.41, 5.74) is 16.8. The molecule has 1 atom stereocenters. The number of aryl methyl sites for hydroxylation is 1. The smallest absolute Gasteiger partial charge is 0.187 e. The Hall–Kier alpha value is -3.03. The van der Waals surface area contributed by atoms with Crippen LogP contribution in [0.15, 0.2) is 42.9 Å². The SMILES string of the molecule is Cc1cc(Cl)cnc1-c1ccc(N)c(C(=O)Cc2cnccc2N2CCC[C@H](N)C2)n1. The summed E-state index contributed by atoms with van der Waals surface area (Å²) < 4.78 is 0. The van der Waals surface area contributed by atoms with E-state index >= 15 is 0 Å². The van der Waals surface area contributed by atoms with Crippen molar-refractivity contribution in [2.24, 2.45) is 5.73 Å². The molecule has 4 N–H and O–H groups in total. The molecule has 1 saturated heterocycles.